The van der Waals surface area contributed by atoms with Crippen LogP contribution in [0.1, 0.15) is 17.5 Å². The molecule has 0 N–H and O–H groups in total. The van der Waals surface area contributed by atoms with Gasteiger partial charge in [0, 0.05) is 25.7 Å². The summed E-state index contributed by atoms with van der Waals surface area (Å²) in [7, 11) is 3.74. The van der Waals surface area contributed by atoms with E-state index < -0.39 is 0 Å². The number of nitrogens with zero attached hydrogens (tertiary/aromatic N) is 2. The van der Waals surface area contributed by atoms with Gasteiger partial charge in [-0.05, 0) is 30.7 Å². The highest BCUT2D eigenvalue weighted by Gasteiger charge is 2.20. The van der Waals surface area contributed by atoms with Crippen molar-refractivity contribution >= 4 is 17.9 Å². The first-order valence-corrected chi connectivity index (χ1v) is 6.12. The van der Waals surface area contributed by atoms with Gasteiger partial charge >= 0.3 is 0 Å². The minimum Gasteiger partial charge on any atom is -0.315 e. The van der Waals surface area contributed by atoms with E-state index in [1.807, 2.05) is 31.1 Å². The smallest absolute Gasteiger partial charge is 0.227 e. The van der Waals surface area contributed by atoms with Crippen molar-refractivity contribution in [2.24, 2.45) is 0 Å². The van der Waals surface area contributed by atoms with Crippen molar-refractivity contribution in [3.8, 4) is 0 Å². The zero-order valence-corrected chi connectivity index (χ0v) is 10.8. The van der Waals surface area contributed by atoms with Gasteiger partial charge in [0.2, 0.25) is 5.91 Å². The summed E-state index contributed by atoms with van der Waals surface area (Å²) in [6.45, 7) is 1.19. The van der Waals surface area contributed by atoms with Crippen molar-refractivity contribution in [2.45, 2.75) is 19.4 Å². The number of hydrogen-bond acceptors (Lipinski definition) is 3. The van der Waals surface area contributed by atoms with Crippen molar-refractivity contribution in [2.75, 3.05) is 25.5 Å². The first kappa shape index (κ1) is 12.8. The second-order valence-electron chi connectivity index (χ2n) is 4.78. The molecule has 1 aliphatic rings. The monoisotopic (exact) mass is 246 g/mol. The summed E-state index contributed by atoms with van der Waals surface area (Å²) >= 11 is 0. The van der Waals surface area contributed by atoms with Crippen LogP contribution in [0.15, 0.2) is 18.2 Å². The third-order valence-corrected chi connectivity index (χ3v) is 3.33. The van der Waals surface area contributed by atoms with Gasteiger partial charge in [-0.1, -0.05) is 12.1 Å². The standard InChI is InChI=1S/C14H18N2O2/c1-15(7-8-17)10-11-3-5-13-12(9-11)4-6-14(18)16(13)2/h3,5,8-9H,4,6-7,10H2,1-2H3. The predicted octanol–water partition coefficient (Wildman–Crippen LogP) is 1.23. The van der Waals surface area contributed by atoms with Gasteiger partial charge in [0.1, 0.15) is 6.29 Å². The molecule has 4 heteroatoms. The Bertz CT molecular complexity index is 471. The second kappa shape index (κ2) is 5.31. The molecule has 0 atom stereocenters. The van der Waals surface area contributed by atoms with Gasteiger partial charge in [0.05, 0.1) is 6.54 Å². The average molecular weight is 246 g/mol. The molecule has 1 aromatic carbocycles. The van der Waals surface area contributed by atoms with Gasteiger partial charge in [-0.25, -0.2) is 0 Å². The highest BCUT2D eigenvalue weighted by Crippen LogP contribution is 2.27. The summed E-state index contributed by atoms with van der Waals surface area (Å²) < 4.78 is 0. The van der Waals surface area contributed by atoms with Gasteiger partial charge in [0.15, 0.2) is 0 Å². The maximum atomic E-state index is 11.6. The zero-order valence-electron chi connectivity index (χ0n) is 10.8. The van der Waals surface area contributed by atoms with E-state index in [4.69, 9.17) is 0 Å². The molecule has 4 nitrogen and oxygen atoms in total. The Labute approximate surface area is 107 Å². The lowest BCUT2D eigenvalue weighted by Gasteiger charge is -2.26. The number of benzene rings is 1. The number of rotatable bonds is 4. The third-order valence-electron chi connectivity index (χ3n) is 3.33. The number of hydrogen-bond donors (Lipinski definition) is 0. The molecule has 96 valence electrons. The lowest BCUT2D eigenvalue weighted by Crippen LogP contribution is -2.31. The average Bonchev–Trinajstić information content (AvgIpc) is 2.34. The molecular formula is C14H18N2O2. The molecule has 0 aliphatic carbocycles. The molecule has 0 radical (unpaired) electrons. The molecule has 1 aromatic rings. The Morgan fingerprint density at radius 2 is 2.17 bits per heavy atom. The molecule has 0 bridgehead atoms. The number of amides is 1. The van der Waals surface area contributed by atoms with Crippen molar-refractivity contribution < 1.29 is 9.59 Å². The fourth-order valence-electron chi connectivity index (χ4n) is 2.31. The molecular weight excluding hydrogens is 228 g/mol. The van der Waals surface area contributed by atoms with E-state index in [9.17, 15) is 9.59 Å². The van der Waals surface area contributed by atoms with Crippen molar-refractivity contribution in [1.29, 1.82) is 0 Å². The van der Waals surface area contributed by atoms with Gasteiger partial charge in [0.25, 0.3) is 0 Å². The van der Waals surface area contributed by atoms with E-state index >= 15 is 0 Å². The van der Waals surface area contributed by atoms with Crippen LogP contribution in [0.25, 0.3) is 0 Å². The van der Waals surface area contributed by atoms with Gasteiger partial charge in [-0.3, -0.25) is 9.69 Å². The van der Waals surface area contributed by atoms with E-state index in [0.29, 0.717) is 13.0 Å². The number of likely N-dealkylation sites (N-methyl/N-ethyl adjacent to an activating group) is 1. The topological polar surface area (TPSA) is 40.6 Å². The Morgan fingerprint density at radius 3 is 2.89 bits per heavy atom. The minimum atomic E-state index is 0.174. The molecule has 0 aromatic heterocycles. The number of fused-ring (bicyclic) bond motifs is 1. The van der Waals surface area contributed by atoms with Crippen LogP contribution in [-0.2, 0) is 22.6 Å². The Balaban J connectivity index is 2.17. The van der Waals surface area contributed by atoms with Crippen molar-refractivity contribution in [3.05, 3.63) is 29.3 Å². The molecule has 0 saturated heterocycles. The Hall–Kier alpha value is -1.68. The number of carbonyl (C=O) groups is 2. The highest BCUT2D eigenvalue weighted by molar-refractivity contribution is 5.95. The van der Waals surface area contributed by atoms with Gasteiger partial charge < -0.3 is 9.69 Å². The second-order valence-corrected chi connectivity index (χ2v) is 4.78. The molecule has 0 spiro atoms. The van der Waals surface area contributed by atoms with Gasteiger partial charge in [-0.2, -0.15) is 0 Å². The zero-order chi connectivity index (χ0) is 13.1. The van der Waals surface area contributed by atoms with Crippen LogP contribution in [0.3, 0.4) is 0 Å². The molecule has 18 heavy (non-hydrogen) atoms. The number of aldehydes is 1. The van der Waals surface area contributed by atoms with E-state index in [0.717, 1.165) is 24.9 Å². The fourth-order valence-corrected chi connectivity index (χ4v) is 2.31. The first-order chi connectivity index (χ1) is 8.61. The Morgan fingerprint density at radius 1 is 1.39 bits per heavy atom. The summed E-state index contributed by atoms with van der Waals surface area (Å²) in [5.74, 6) is 0.174. The molecule has 0 fully saturated rings. The van der Waals surface area contributed by atoms with E-state index in [-0.39, 0.29) is 5.91 Å². The van der Waals surface area contributed by atoms with E-state index in [2.05, 4.69) is 6.07 Å². The summed E-state index contributed by atoms with van der Waals surface area (Å²) in [4.78, 5) is 25.7. The predicted molar refractivity (Wildman–Crippen MR) is 70.6 cm³/mol. The lowest BCUT2D eigenvalue weighted by molar-refractivity contribution is -0.118. The van der Waals surface area contributed by atoms with Crippen LogP contribution >= 0.6 is 0 Å². The van der Waals surface area contributed by atoms with Crippen LogP contribution in [0.5, 0.6) is 0 Å². The SMILES string of the molecule is CN(CC=O)Cc1ccc2c(c1)CCC(=O)N2C. The summed E-state index contributed by atoms with van der Waals surface area (Å²) in [6.07, 6.45) is 2.30. The molecule has 2 rings (SSSR count). The van der Waals surface area contributed by atoms with Gasteiger partial charge in [-0.15, -0.1) is 0 Å². The number of carbonyl (C=O) groups excluding carboxylic acids is 2. The van der Waals surface area contributed by atoms with Crippen molar-refractivity contribution in [1.82, 2.24) is 4.90 Å². The maximum absolute atomic E-state index is 11.6. The molecule has 0 unspecified atom stereocenters. The lowest BCUT2D eigenvalue weighted by atomic mass is 9.99. The first-order valence-electron chi connectivity index (χ1n) is 6.12. The fraction of sp³-hybridized carbons (Fsp3) is 0.429. The normalized spacial score (nSPS) is 14.8. The van der Waals surface area contributed by atoms with Crippen molar-refractivity contribution in [3.63, 3.8) is 0 Å². The minimum absolute atomic E-state index is 0.174. The van der Waals surface area contributed by atoms with E-state index in [1.54, 1.807) is 4.90 Å². The quantitative estimate of drug-likeness (QED) is 0.750. The molecule has 1 aliphatic heterocycles. The summed E-state index contributed by atoms with van der Waals surface area (Å²) in [5.41, 5.74) is 3.41. The largest absolute Gasteiger partial charge is 0.315 e. The highest BCUT2D eigenvalue weighted by atomic mass is 16.2. The van der Waals surface area contributed by atoms with Crippen LogP contribution in [0.4, 0.5) is 5.69 Å². The van der Waals surface area contributed by atoms with Crippen LogP contribution in [-0.4, -0.2) is 37.7 Å². The molecule has 1 heterocycles. The van der Waals surface area contributed by atoms with Crippen LogP contribution in [0.2, 0.25) is 0 Å². The number of anilines is 1. The molecule has 1 amide bonds. The molecule has 0 saturated carbocycles. The summed E-state index contributed by atoms with van der Waals surface area (Å²) in [6, 6.07) is 6.16. The third kappa shape index (κ3) is 2.59. The van der Waals surface area contributed by atoms with Crippen LogP contribution < -0.4 is 4.90 Å². The Kier molecular flexibility index (Phi) is 3.77. The maximum Gasteiger partial charge on any atom is 0.227 e. The summed E-state index contributed by atoms with van der Waals surface area (Å²) in [5, 5.41) is 0. The number of aryl methyl sites for hydroxylation is 1. The van der Waals surface area contributed by atoms with Crippen LogP contribution in [0, 0.1) is 0 Å². The van der Waals surface area contributed by atoms with E-state index in [1.165, 1.54) is 11.1 Å².